The number of hydrogen-bond acceptors (Lipinski definition) is 2. The molecule has 0 saturated heterocycles. The Morgan fingerprint density at radius 2 is 1.63 bits per heavy atom. The monoisotopic (exact) mass is 252 g/mol. The van der Waals surface area contributed by atoms with Crippen LogP contribution >= 0.6 is 0 Å². The Morgan fingerprint density at radius 3 is 2.21 bits per heavy atom. The fourth-order valence-corrected chi connectivity index (χ4v) is 5.78. The number of ketones is 2. The van der Waals surface area contributed by atoms with Crippen molar-refractivity contribution in [1.82, 2.24) is 0 Å². The molecule has 0 N–H and O–H groups in total. The van der Waals surface area contributed by atoms with Crippen LogP contribution in [0.4, 0.5) is 0 Å². The van der Waals surface area contributed by atoms with E-state index in [0.717, 1.165) is 25.7 Å². The summed E-state index contributed by atoms with van der Waals surface area (Å²) in [6.45, 7) is 2.07. The Morgan fingerprint density at radius 1 is 1.00 bits per heavy atom. The Kier molecular flexibility index (Phi) is 1.40. The molecule has 4 aliphatic rings. The SMILES string of the molecule is CC12C(=O)c3ccccc3C(=O)C1C1(CC1)C21CC1. The molecule has 0 heterocycles. The summed E-state index contributed by atoms with van der Waals surface area (Å²) in [6, 6.07) is 7.42. The van der Waals surface area contributed by atoms with E-state index in [2.05, 4.69) is 6.92 Å². The average molecular weight is 252 g/mol. The van der Waals surface area contributed by atoms with Gasteiger partial charge >= 0.3 is 0 Å². The van der Waals surface area contributed by atoms with Gasteiger partial charge in [0, 0.05) is 22.5 Å². The second-order valence-electron chi connectivity index (χ2n) is 7.11. The predicted octanol–water partition coefficient (Wildman–Crippen LogP) is 3.26. The molecule has 4 aliphatic carbocycles. The van der Waals surface area contributed by atoms with Crippen LogP contribution in [-0.4, -0.2) is 11.6 Å². The summed E-state index contributed by atoms with van der Waals surface area (Å²) in [6.07, 6.45) is 4.63. The maximum absolute atomic E-state index is 13.0. The highest BCUT2D eigenvalue weighted by Crippen LogP contribution is 2.91. The van der Waals surface area contributed by atoms with E-state index in [-0.39, 0.29) is 28.3 Å². The fourth-order valence-electron chi connectivity index (χ4n) is 5.78. The lowest BCUT2D eigenvalue weighted by atomic mass is 9.37. The zero-order chi connectivity index (χ0) is 13.0. The lowest BCUT2D eigenvalue weighted by Crippen LogP contribution is -2.67. The van der Waals surface area contributed by atoms with Gasteiger partial charge in [0.15, 0.2) is 11.6 Å². The summed E-state index contributed by atoms with van der Waals surface area (Å²) < 4.78 is 0. The first kappa shape index (κ1) is 10.4. The molecule has 0 radical (unpaired) electrons. The lowest BCUT2D eigenvalue weighted by molar-refractivity contribution is -0.103. The Bertz CT molecular complexity index is 664. The number of benzene rings is 1. The minimum atomic E-state index is -0.394. The molecule has 3 fully saturated rings. The minimum absolute atomic E-state index is 0.0232. The van der Waals surface area contributed by atoms with Crippen molar-refractivity contribution in [2.75, 3.05) is 0 Å². The second kappa shape index (κ2) is 2.56. The highest BCUT2D eigenvalue weighted by atomic mass is 16.1. The third-order valence-electron chi connectivity index (χ3n) is 6.79. The van der Waals surface area contributed by atoms with Crippen molar-refractivity contribution in [3.63, 3.8) is 0 Å². The van der Waals surface area contributed by atoms with Crippen LogP contribution in [0, 0.1) is 22.2 Å². The summed E-state index contributed by atoms with van der Waals surface area (Å²) in [5, 5.41) is 0. The first-order valence-corrected chi connectivity index (χ1v) is 7.27. The van der Waals surface area contributed by atoms with Crippen LogP contribution in [0.3, 0.4) is 0 Å². The number of carbonyl (C=O) groups excluding carboxylic acids is 2. The maximum Gasteiger partial charge on any atom is 0.170 e. The molecule has 2 unspecified atom stereocenters. The van der Waals surface area contributed by atoms with Gasteiger partial charge in [0.1, 0.15) is 0 Å². The molecule has 96 valence electrons. The largest absolute Gasteiger partial charge is 0.294 e. The van der Waals surface area contributed by atoms with Gasteiger partial charge in [-0.15, -0.1) is 0 Å². The van der Waals surface area contributed by atoms with Gasteiger partial charge in [0.2, 0.25) is 0 Å². The molecule has 1 aromatic carbocycles. The van der Waals surface area contributed by atoms with Gasteiger partial charge in [-0.25, -0.2) is 0 Å². The van der Waals surface area contributed by atoms with Gasteiger partial charge in [-0.1, -0.05) is 31.2 Å². The summed E-state index contributed by atoms with van der Waals surface area (Å²) in [5.41, 5.74) is 1.35. The maximum atomic E-state index is 13.0. The molecule has 1 aromatic rings. The number of carbonyl (C=O) groups is 2. The molecule has 2 spiro atoms. The molecular formula is C17H16O2. The Hall–Kier alpha value is -1.44. The summed E-state index contributed by atoms with van der Waals surface area (Å²) >= 11 is 0. The van der Waals surface area contributed by atoms with Crippen LogP contribution in [0.15, 0.2) is 24.3 Å². The van der Waals surface area contributed by atoms with Crippen LogP contribution < -0.4 is 0 Å². The van der Waals surface area contributed by atoms with Crippen LogP contribution in [0.1, 0.15) is 53.3 Å². The smallest absolute Gasteiger partial charge is 0.170 e. The Balaban J connectivity index is 1.79. The molecule has 0 aromatic heterocycles. The summed E-state index contributed by atoms with van der Waals surface area (Å²) in [4.78, 5) is 25.8. The van der Waals surface area contributed by atoms with E-state index in [9.17, 15) is 9.59 Å². The normalized spacial score (nSPS) is 38.7. The molecule has 0 aliphatic heterocycles. The van der Waals surface area contributed by atoms with E-state index in [0.29, 0.717) is 11.1 Å². The van der Waals surface area contributed by atoms with Crippen LogP contribution in [-0.2, 0) is 0 Å². The lowest BCUT2D eigenvalue weighted by Gasteiger charge is -2.63. The quantitative estimate of drug-likeness (QED) is 0.710. The van der Waals surface area contributed by atoms with E-state index in [1.807, 2.05) is 24.3 Å². The molecule has 2 atom stereocenters. The van der Waals surface area contributed by atoms with E-state index in [1.165, 1.54) is 0 Å². The zero-order valence-electron chi connectivity index (χ0n) is 11.0. The Labute approximate surface area is 112 Å². The third kappa shape index (κ3) is 0.769. The molecule has 2 heteroatoms. The van der Waals surface area contributed by atoms with E-state index in [1.54, 1.807) is 0 Å². The summed E-state index contributed by atoms with van der Waals surface area (Å²) in [7, 11) is 0. The molecule has 2 nitrogen and oxygen atoms in total. The van der Waals surface area contributed by atoms with E-state index in [4.69, 9.17) is 0 Å². The molecule has 5 rings (SSSR count). The van der Waals surface area contributed by atoms with Crippen molar-refractivity contribution >= 4 is 11.6 Å². The predicted molar refractivity (Wildman–Crippen MR) is 70.0 cm³/mol. The van der Waals surface area contributed by atoms with Gasteiger partial charge in [-0.2, -0.15) is 0 Å². The van der Waals surface area contributed by atoms with Crippen molar-refractivity contribution in [3.8, 4) is 0 Å². The van der Waals surface area contributed by atoms with E-state index >= 15 is 0 Å². The first-order valence-electron chi connectivity index (χ1n) is 7.27. The van der Waals surface area contributed by atoms with Crippen molar-refractivity contribution in [2.45, 2.75) is 32.6 Å². The van der Waals surface area contributed by atoms with Crippen molar-refractivity contribution in [3.05, 3.63) is 35.4 Å². The molecule has 0 amide bonds. The van der Waals surface area contributed by atoms with Gasteiger partial charge < -0.3 is 0 Å². The topological polar surface area (TPSA) is 34.1 Å². The number of rotatable bonds is 0. The zero-order valence-corrected chi connectivity index (χ0v) is 11.0. The van der Waals surface area contributed by atoms with Gasteiger partial charge in [0.25, 0.3) is 0 Å². The third-order valence-corrected chi connectivity index (χ3v) is 6.79. The summed E-state index contributed by atoms with van der Waals surface area (Å²) in [5.74, 6) is 0.459. The van der Waals surface area contributed by atoms with Crippen LogP contribution in [0.2, 0.25) is 0 Å². The van der Waals surface area contributed by atoms with Crippen molar-refractivity contribution in [1.29, 1.82) is 0 Å². The molecule has 0 bridgehead atoms. The first-order chi connectivity index (χ1) is 9.08. The highest BCUT2D eigenvalue weighted by molar-refractivity contribution is 6.20. The molecule has 19 heavy (non-hydrogen) atoms. The minimum Gasteiger partial charge on any atom is -0.294 e. The standard InChI is InChI=1S/C17H16O2/c1-15-13(16(6-7-16)17(15)8-9-17)12(18)10-4-2-3-5-11(10)14(15)19/h2-5,13H,6-9H2,1H3. The number of fused-ring (bicyclic) bond motifs is 5. The van der Waals surface area contributed by atoms with Crippen molar-refractivity contribution in [2.24, 2.45) is 22.2 Å². The second-order valence-corrected chi connectivity index (χ2v) is 7.11. The van der Waals surface area contributed by atoms with Gasteiger partial charge in [-0.3, -0.25) is 9.59 Å². The average Bonchev–Trinajstić information content (AvgIpc) is 3.27. The van der Waals surface area contributed by atoms with Gasteiger partial charge in [-0.05, 0) is 36.5 Å². The number of hydrogen-bond donors (Lipinski definition) is 0. The van der Waals surface area contributed by atoms with Gasteiger partial charge in [0.05, 0.1) is 0 Å². The molecule has 3 saturated carbocycles. The van der Waals surface area contributed by atoms with Crippen molar-refractivity contribution < 1.29 is 9.59 Å². The number of Topliss-reactive ketones (excluding diaryl/α,β-unsaturated/α-hetero) is 2. The van der Waals surface area contributed by atoms with Crippen LogP contribution in [0.5, 0.6) is 0 Å². The van der Waals surface area contributed by atoms with Crippen LogP contribution in [0.25, 0.3) is 0 Å². The molecular weight excluding hydrogens is 236 g/mol. The van der Waals surface area contributed by atoms with E-state index < -0.39 is 5.41 Å². The highest BCUT2D eigenvalue weighted by Gasteiger charge is 2.89. The fraction of sp³-hybridized carbons (Fsp3) is 0.529.